The molecule has 0 bridgehead atoms. The molecule has 0 unspecified atom stereocenters. The van der Waals surface area contributed by atoms with Gasteiger partial charge in [0, 0.05) is 11.6 Å². The van der Waals surface area contributed by atoms with Gasteiger partial charge >= 0.3 is 0 Å². The van der Waals surface area contributed by atoms with E-state index >= 15 is 0 Å². The van der Waals surface area contributed by atoms with Crippen molar-refractivity contribution >= 4 is 17.3 Å². The van der Waals surface area contributed by atoms with Gasteiger partial charge in [0.15, 0.2) is 0 Å². The Kier molecular flexibility index (Phi) is 5.29. The molecule has 0 aliphatic carbocycles. The summed E-state index contributed by atoms with van der Waals surface area (Å²) in [4.78, 5) is 0. The molecule has 0 heterocycles. The summed E-state index contributed by atoms with van der Waals surface area (Å²) < 4.78 is 10.7. The van der Waals surface area contributed by atoms with Crippen LogP contribution in [0.1, 0.15) is 13.3 Å². The minimum atomic E-state index is 0.506. The predicted octanol–water partition coefficient (Wildman–Crippen LogP) is 2.73. The maximum Gasteiger partial charge on any atom is 0.142 e. The monoisotopic (exact) mass is 229 g/mol. The first-order chi connectivity index (χ1) is 7.24. The lowest BCUT2D eigenvalue weighted by molar-refractivity contribution is 0.101. The molecule has 3 nitrogen and oxygen atoms in total. The van der Waals surface area contributed by atoms with E-state index in [4.69, 9.17) is 26.8 Å². The van der Waals surface area contributed by atoms with Gasteiger partial charge in [0.1, 0.15) is 12.4 Å². The van der Waals surface area contributed by atoms with Crippen LogP contribution in [-0.4, -0.2) is 19.8 Å². The second-order valence-electron chi connectivity index (χ2n) is 3.14. The van der Waals surface area contributed by atoms with Crippen molar-refractivity contribution in [2.24, 2.45) is 0 Å². The molecule has 0 saturated carbocycles. The minimum absolute atomic E-state index is 0.506. The summed E-state index contributed by atoms with van der Waals surface area (Å²) in [5.41, 5.74) is 6.27. The van der Waals surface area contributed by atoms with Crippen LogP contribution in [0.2, 0.25) is 5.02 Å². The first-order valence-corrected chi connectivity index (χ1v) is 5.37. The number of hydrogen-bond acceptors (Lipinski definition) is 3. The third kappa shape index (κ3) is 4.40. The van der Waals surface area contributed by atoms with Crippen molar-refractivity contribution in [1.29, 1.82) is 0 Å². The Balaban J connectivity index is 2.31. The number of benzene rings is 1. The van der Waals surface area contributed by atoms with Crippen molar-refractivity contribution < 1.29 is 9.47 Å². The summed E-state index contributed by atoms with van der Waals surface area (Å²) in [6.07, 6.45) is 1.02. The van der Waals surface area contributed by atoms with Crippen molar-refractivity contribution in [3.63, 3.8) is 0 Å². The topological polar surface area (TPSA) is 44.5 Å². The highest BCUT2D eigenvalue weighted by atomic mass is 35.5. The van der Waals surface area contributed by atoms with Gasteiger partial charge in [0.2, 0.25) is 0 Å². The Morgan fingerprint density at radius 1 is 1.27 bits per heavy atom. The molecule has 4 heteroatoms. The molecule has 2 N–H and O–H groups in total. The van der Waals surface area contributed by atoms with Crippen LogP contribution in [0, 0.1) is 0 Å². The van der Waals surface area contributed by atoms with Crippen LogP contribution in [0.4, 0.5) is 5.69 Å². The Morgan fingerprint density at radius 2 is 2.07 bits per heavy atom. The summed E-state index contributed by atoms with van der Waals surface area (Å²) in [6, 6.07) is 5.18. The zero-order valence-corrected chi connectivity index (χ0v) is 9.59. The highest BCUT2D eigenvalue weighted by Crippen LogP contribution is 2.24. The standard InChI is InChI=1S/C11H16ClNO2/c1-2-5-14-6-7-15-11-4-3-9(12)8-10(11)13/h3-4,8H,2,5-7,13H2,1H3. The largest absolute Gasteiger partial charge is 0.489 e. The first kappa shape index (κ1) is 12.1. The minimum Gasteiger partial charge on any atom is -0.489 e. The molecule has 0 aliphatic rings. The van der Waals surface area contributed by atoms with Gasteiger partial charge < -0.3 is 15.2 Å². The molecule has 0 atom stereocenters. The Hall–Kier alpha value is -0.930. The predicted molar refractivity (Wildman–Crippen MR) is 62.5 cm³/mol. The molecule has 0 saturated heterocycles. The molecule has 1 aromatic rings. The summed E-state index contributed by atoms with van der Waals surface area (Å²) in [7, 11) is 0. The second kappa shape index (κ2) is 6.53. The van der Waals surface area contributed by atoms with Crippen LogP contribution in [0.15, 0.2) is 18.2 Å². The van der Waals surface area contributed by atoms with Gasteiger partial charge in [-0.15, -0.1) is 0 Å². The van der Waals surface area contributed by atoms with Crippen LogP contribution in [-0.2, 0) is 4.74 Å². The zero-order chi connectivity index (χ0) is 11.1. The molecule has 84 valence electrons. The summed E-state index contributed by atoms with van der Waals surface area (Å²) in [5, 5.41) is 0.613. The van der Waals surface area contributed by atoms with E-state index < -0.39 is 0 Å². The fourth-order valence-corrected chi connectivity index (χ4v) is 1.29. The average molecular weight is 230 g/mol. The van der Waals surface area contributed by atoms with E-state index in [-0.39, 0.29) is 0 Å². The van der Waals surface area contributed by atoms with Crippen LogP contribution in [0.25, 0.3) is 0 Å². The number of nitrogens with two attached hydrogens (primary N) is 1. The Bertz CT molecular complexity index is 305. The van der Waals surface area contributed by atoms with Crippen molar-refractivity contribution in [3.8, 4) is 5.75 Å². The third-order valence-electron chi connectivity index (χ3n) is 1.81. The number of ether oxygens (including phenoxy) is 2. The summed E-state index contributed by atoms with van der Waals surface area (Å²) in [6.45, 7) is 3.92. The fourth-order valence-electron chi connectivity index (χ4n) is 1.11. The van der Waals surface area contributed by atoms with Crippen LogP contribution < -0.4 is 10.5 Å². The molecule has 0 fully saturated rings. The summed E-state index contributed by atoms with van der Waals surface area (Å²) in [5.74, 6) is 0.652. The molecule has 1 aromatic carbocycles. The first-order valence-electron chi connectivity index (χ1n) is 4.99. The van der Waals surface area contributed by atoms with E-state index in [2.05, 4.69) is 6.92 Å². The second-order valence-corrected chi connectivity index (χ2v) is 3.58. The van der Waals surface area contributed by atoms with Gasteiger partial charge in [0.05, 0.1) is 12.3 Å². The molecule has 1 rings (SSSR count). The van der Waals surface area contributed by atoms with Crippen LogP contribution in [0.5, 0.6) is 5.75 Å². The normalized spacial score (nSPS) is 10.3. The van der Waals surface area contributed by atoms with E-state index in [0.29, 0.717) is 29.7 Å². The van der Waals surface area contributed by atoms with Crippen LogP contribution >= 0.6 is 11.6 Å². The highest BCUT2D eigenvalue weighted by Gasteiger charge is 2.00. The fraction of sp³-hybridized carbons (Fsp3) is 0.455. The zero-order valence-electron chi connectivity index (χ0n) is 8.83. The SMILES string of the molecule is CCCOCCOc1ccc(Cl)cc1N. The molecule has 0 radical (unpaired) electrons. The van der Waals surface area contributed by atoms with Gasteiger partial charge in [-0.2, -0.15) is 0 Å². The van der Waals surface area contributed by atoms with Crippen molar-refractivity contribution in [2.45, 2.75) is 13.3 Å². The quantitative estimate of drug-likeness (QED) is 0.603. The number of anilines is 1. The maximum absolute atomic E-state index is 5.76. The number of halogens is 1. The Morgan fingerprint density at radius 3 is 2.73 bits per heavy atom. The highest BCUT2D eigenvalue weighted by molar-refractivity contribution is 6.30. The summed E-state index contributed by atoms with van der Waals surface area (Å²) >= 11 is 5.76. The molecule has 0 spiro atoms. The van der Waals surface area contributed by atoms with E-state index in [0.717, 1.165) is 13.0 Å². The smallest absolute Gasteiger partial charge is 0.142 e. The average Bonchev–Trinajstić information content (AvgIpc) is 2.20. The van der Waals surface area contributed by atoms with E-state index in [1.807, 2.05) is 0 Å². The molecule has 15 heavy (non-hydrogen) atoms. The van der Waals surface area contributed by atoms with Gasteiger partial charge in [0.25, 0.3) is 0 Å². The molecular weight excluding hydrogens is 214 g/mol. The van der Waals surface area contributed by atoms with E-state index in [9.17, 15) is 0 Å². The number of hydrogen-bond donors (Lipinski definition) is 1. The number of nitrogen functional groups attached to an aromatic ring is 1. The van der Waals surface area contributed by atoms with Gasteiger partial charge in [-0.1, -0.05) is 18.5 Å². The van der Waals surface area contributed by atoms with Crippen LogP contribution in [0.3, 0.4) is 0 Å². The lowest BCUT2D eigenvalue weighted by Gasteiger charge is -2.09. The molecule has 0 amide bonds. The van der Waals surface area contributed by atoms with E-state index in [1.54, 1.807) is 18.2 Å². The lowest BCUT2D eigenvalue weighted by Crippen LogP contribution is -2.08. The molecule has 0 aliphatic heterocycles. The lowest BCUT2D eigenvalue weighted by atomic mass is 10.3. The third-order valence-corrected chi connectivity index (χ3v) is 2.04. The number of rotatable bonds is 6. The van der Waals surface area contributed by atoms with Crippen molar-refractivity contribution in [3.05, 3.63) is 23.2 Å². The molecule has 0 aromatic heterocycles. The maximum atomic E-state index is 5.76. The van der Waals surface area contributed by atoms with Gasteiger partial charge in [-0.3, -0.25) is 0 Å². The van der Waals surface area contributed by atoms with Gasteiger partial charge in [-0.25, -0.2) is 0 Å². The van der Waals surface area contributed by atoms with E-state index in [1.165, 1.54) is 0 Å². The Labute approximate surface area is 95.1 Å². The van der Waals surface area contributed by atoms with Gasteiger partial charge in [-0.05, 0) is 24.6 Å². The van der Waals surface area contributed by atoms with Crippen molar-refractivity contribution in [2.75, 3.05) is 25.6 Å². The molecular formula is C11H16ClNO2. The van der Waals surface area contributed by atoms with Crippen molar-refractivity contribution in [1.82, 2.24) is 0 Å².